The molecule has 3 heterocycles. The van der Waals surface area contributed by atoms with Crippen LogP contribution in [-0.2, 0) is 9.59 Å². The summed E-state index contributed by atoms with van der Waals surface area (Å²) in [7, 11) is 0. The smallest absolute Gasteiger partial charge is 0.314 e. The van der Waals surface area contributed by atoms with Crippen molar-refractivity contribution >= 4 is 40.3 Å². The molecule has 3 aromatic rings. The minimum absolute atomic E-state index is 0.0610. The van der Waals surface area contributed by atoms with Crippen LogP contribution in [0.2, 0.25) is 0 Å². The predicted octanol–water partition coefficient (Wildman–Crippen LogP) is 2.56. The second kappa shape index (κ2) is 7.60. The normalized spacial score (nSPS) is 11.9. The van der Waals surface area contributed by atoms with Crippen LogP contribution in [0, 0.1) is 6.92 Å². The van der Waals surface area contributed by atoms with Crippen LogP contribution in [0.5, 0.6) is 0 Å². The molecule has 3 aromatic heterocycles. The molecule has 2 amide bonds. The van der Waals surface area contributed by atoms with E-state index in [-0.39, 0.29) is 12.4 Å². The van der Waals surface area contributed by atoms with Gasteiger partial charge in [0.15, 0.2) is 5.82 Å². The SMILES string of the molecule is Cc1cc(NC(=O)C(=O)NCC(O)c2ccc(-c3cccs3)s2)no1. The summed E-state index contributed by atoms with van der Waals surface area (Å²) in [5.74, 6) is -1.04. The zero-order valence-electron chi connectivity index (χ0n) is 13.2. The summed E-state index contributed by atoms with van der Waals surface area (Å²) in [6.07, 6.45) is -0.884. The maximum absolute atomic E-state index is 11.8. The number of aromatic nitrogens is 1. The summed E-state index contributed by atoms with van der Waals surface area (Å²) >= 11 is 3.07. The monoisotopic (exact) mass is 377 g/mol. The van der Waals surface area contributed by atoms with Crippen LogP contribution in [0.15, 0.2) is 40.2 Å². The lowest BCUT2D eigenvalue weighted by Gasteiger charge is -2.09. The summed E-state index contributed by atoms with van der Waals surface area (Å²) in [6, 6.07) is 9.21. The van der Waals surface area contributed by atoms with E-state index in [9.17, 15) is 14.7 Å². The average molecular weight is 377 g/mol. The number of carbonyl (C=O) groups is 2. The van der Waals surface area contributed by atoms with E-state index in [0.717, 1.165) is 14.6 Å². The Kier molecular flexibility index (Phi) is 5.27. The largest absolute Gasteiger partial charge is 0.386 e. The number of nitrogens with zero attached hydrogens (tertiary/aromatic N) is 1. The molecule has 0 aromatic carbocycles. The Hall–Kier alpha value is -2.49. The molecule has 1 atom stereocenters. The first-order chi connectivity index (χ1) is 12.0. The summed E-state index contributed by atoms with van der Waals surface area (Å²) in [5, 5.41) is 20.5. The first-order valence-corrected chi connectivity index (χ1v) is 9.06. The van der Waals surface area contributed by atoms with Gasteiger partial charge in [0.2, 0.25) is 0 Å². The fourth-order valence-corrected chi connectivity index (χ4v) is 3.88. The van der Waals surface area contributed by atoms with E-state index in [1.807, 2.05) is 29.6 Å². The molecule has 0 aliphatic carbocycles. The molecule has 0 aliphatic rings. The van der Waals surface area contributed by atoms with Crippen LogP contribution in [-0.4, -0.2) is 28.6 Å². The summed E-state index contributed by atoms with van der Waals surface area (Å²) in [5.41, 5.74) is 0. The maximum atomic E-state index is 11.8. The minimum atomic E-state index is -0.884. The van der Waals surface area contributed by atoms with E-state index in [2.05, 4.69) is 15.8 Å². The van der Waals surface area contributed by atoms with Gasteiger partial charge in [-0.15, -0.1) is 22.7 Å². The standard InChI is InChI=1S/C16H15N3O4S2/c1-9-7-14(19-23-9)18-16(22)15(21)17-8-10(20)11-4-5-13(25-11)12-3-2-6-24-12/h2-7,10,20H,8H2,1H3,(H,17,21)(H,18,19,22). The van der Waals surface area contributed by atoms with E-state index >= 15 is 0 Å². The topological polar surface area (TPSA) is 104 Å². The number of thiophene rings is 2. The number of amides is 2. The van der Waals surface area contributed by atoms with Gasteiger partial charge in [-0.05, 0) is 30.5 Å². The molecule has 130 valence electrons. The van der Waals surface area contributed by atoms with Gasteiger partial charge in [0, 0.05) is 27.2 Å². The minimum Gasteiger partial charge on any atom is -0.386 e. The lowest BCUT2D eigenvalue weighted by molar-refractivity contribution is -0.136. The quantitative estimate of drug-likeness (QED) is 0.593. The van der Waals surface area contributed by atoms with Gasteiger partial charge in [0.05, 0.1) is 0 Å². The first kappa shape index (κ1) is 17.3. The van der Waals surface area contributed by atoms with Crippen LogP contribution < -0.4 is 10.6 Å². The van der Waals surface area contributed by atoms with Gasteiger partial charge in [-0.2, -0.15) is 0 Å². The van der Waals surface area contributed by atoms with Crippen molar-refractivity contribution in [3.63, 3.8) is 0 Å². The van der Waals surface area contributed by atoms with Gasteiger partial charge in [0.1, 0.15) is 11.9 Å². The number of aryl methyl sites for hydroxylation is 1. The Balaban J connectivity index is 1.52. The van der Waals surface area contributed by atoms with E-state index in [1.54, 1.807) is 18.3 Å². The zero-order valence-corrected chi connectivity index (χ0v) is 14.8. The number of nitrogens with one attached hydrogen (secondary N) is 2. The molecule has 3 N–H and O–H groups in total. The zero-order chi connectivity index (χ0) is 17.8. The van der Waals surface area contributed by atoms with Gasteiger partial charge >= 0.3 is 11.8 Å². The van der Waals surface area contributed by atoms with E-state index in [0.29, 0.717) is 5.76 Å². The van der Waals surface area contributed by atoms with Crippen LogP contribution >= 0.6 is 22.7 Å². The van der Waals surface area contributed by atoms with Crippen molar-refractivity contribution in [2.24, 2.45) is 0 Å². The van der Waals surface area contributed by atoms with Gasteiger partial charge in [0.25, 0.3) is 0 Å². The Morgan fingerprint density at radius 2 is 2.12 bits per heavy atom. The number of aliphatic hydroxyl groups is 1. The molecule has 1 unspecified atom stereocenters. The Bertz CT molecular complexity index is 870. The van der Waals surface area contributed by atoms with Crippen molar-refractivity contribution < 1.29 is 19.2 Å². The van der Waals surface area contributed by atoms with E-state index < -0.39 is 17.9 Å². The third-order valence-corrected chi connectivity index (χ3v) is 5.50. The molecule has 9 heteroatoms. The van der Waals surface area contributed by atoms with Crippen molar-refractivity contribution in [1.29, 1.82) is 0 Å². The van der Waals surface area contributed by atoms with Crippen LogP contribution in [0.1, 0.15) is 16.7 Å². The Labute approximate surface area is 151 Å². The van der Waals surface area contributed by atoms with Crippen molar-refractivity contribution in [2.45, 2.75) is 13.0 Å². The molecule has 0 aliphatic heterocycles. The average Bonchev–Trinajstić information content (AvgIpc) is 3.33. The van der Waals surface area contributed by atoms with Crippen molar-refractivity contribution in [3.8, 4) is 9.75 Å². The third-order valence-electron chi connectivity index (χ3n) is 3.25. The Morgan fingerprint density at radius 3 is 2.80 bits per heavy atom. The van der Waals surface area contributed by atoms with Crippen molar-refractivity contribution in [3.05, 3.63) is 46.3 Å². The highest BCUT2D eigenvalue weighted by molar-refractivity contribution is 7.21. The number of hydrogen-bond donors (Lipinski definition) is 3. The lowest BCUT2D eigenvalue weighted by Crippen LogP contribution is -2.37. The highest BCUT2D eigenvalue weighted by Crippen LogP contribution is 2.33. The number of rotatable bonds is 5. The Morgan fingerprint density at radius 1 is 1.28 bits per heavy atom. The fourth-order valence-electron chi connectivity index (χ4n) is 2.05. The molecule has 0 saturated heterocycles. The summed E-state index contributed by atoms with van der Waals surface area (Å²) in [6.45, 7) is 1.61. The molecule has 0 spiro atoms. The number of aliphatic hydroxyl groups excluding tert-OH is 1. The van der Waals surface area contributed by atoms with E-state index in [4.69, 9.17) is 4.52 Å². The molecule has 0 radical (unpaired) electrons. The molecule has 0 fully saturated rings. The van der Waals surface area contributed by atoms with Crippen LogP contribution in [0.25, 0.3) is 9.75 Å². The van der Waals surface area contributed by atoms with Gasteiger partial charge in [-0.25, -0.2) is 0 Å². The highest BCUT2D eigenvalue weighted by atomic mass is 32.1. The molecular weight excluding hydrogens is 362 g/mol. The highest BCUT2D eigenvalue weighted by Gasteiger charge is 2.18. The summed E-state index contributed by atoms with van der Waals surface area (Å²) < 4.78 is 4.80. The maximum Gasteiger partial charge on any atom is 0.314 e. The molecular formula is C16H15N3O4S2. The van der Waals surface area contributed by atoms with Gasteiger partial charge in [-0.3, -0.25) is 14.9 Å². The second-order valence-electron chi connectivity index (χ2n) is 5.18. The molecule has 7 nitrogen and oxygen atoms in total. The second-order valence-corrected chi connectivity index (χ2v) is 7.25. The van der Waals surface area contributed by atoms with Crippen molar-refractivity contribution in [2.75, 3.05) is 11.9 Å². The number of hydrogen-bond acceptors (Lipinski definition) is 7. The third kappa shape index (κ3) is 4.32. The predicted molar refractivity (Wildman–Crippen MR) is 95.5 cm³/mol. The van der Waals surface area contributed by atoms with E-state index in [1.165, 1.54) is 17.4 Å². The van der Waals surface area contributed by atoms with Crippen LogP contribution in [0.4, 0.5) is 5.82 Å². The molecule has 3 rings (SSSR count). The first-order valence-electron chi connectivity index (χ1n) is 7.37. The van der Waals surface area contributed by atoms with Gasteiger partial charge < -0.3 is 14.9 Å². The fraction of sp³-hybridized carbons (Fsp3) is 0.188. The lowest BCUT2D eigenvalue weighted by atomic mass is 10.3. The number of carbonyl (C=O) groups excluding carboxylic acids is 2. The van der Waals surface area contributed by atoms with Gasteiger partial charge in [-0.1, -0.05) is 11.2 Å². The molecule has 25 heavy (non-hydrogen) atoms. The molecule has 0 saturated carbocycles. The number of anilines is 1. The molecule has 0 bridgehead atoms. The van der Waals surface area contributed by atoms with Crippen molar-refractivity contribution in [1.82, 2.24) is 10.5 Å². The van der Waals surface area contributed by atoms with Crippen LogP contribution in [0.3, 0.4) is 0 Å². The summed E-state index contributed by atoms with van der Waals surface area (Å²) in [4.78, 5) is 26.4.